The van der Waals surface area contributed by atoms with Crippen molar-refractivity contribution in [1.82, 2.24) is 4.90 Å². The van der Waals surface area contributed by atoms with Crippen LogP contribution in [-0.2, 0) is 17.8 Å². The second-order valence-corrected chi connectivity index (χ2v) is 11.8. The summed E-state index contributed by atoms with van der Waals surface area (Å²) >= 11 is 1.46. The number of para-hydroxylation sites is 2. The Morgan fingerprint density at radius 1 is 0.905 bits per heavy atom. The molecule has 0 aromatic heterocycles. The number of fused-ring (bicyclic) bond motifs is 1. The lowest BCUT2D eigenvalue weighted by molar-refractivity contribution is -0.124. The van der Waals surface area contributed by atoms with Gasteiger partial charge in [0.05, 0.1) is 17.7 Å². The minimum atomic E-state index is 0.0162. The highest BCUT2D eigenvalue weighted by atomic mass is 32.2. The maximum atomic E-state index is 14.0. The molecule has 0 unspecified atom stereocenters. The van der Waals surface area contributed by atoms with E-state index < -0.39 is 0 Å². The molecule has 0 radical (unpaired) electrons. The van der Waals surface area contributed by atoms with Gasteiger partial charge in [-0.25, -0.2) is 4.99 Å². The molecular formula is C36H36N2O3S. The number of methoxy groups -OCH3 is 1. The van der Waals surface area contributed by atoms with Crippen LogP contribution in [0.25, 0.3) is 16.8 Å². The number of aryl methyl sites for hydroxylation is 1. The van der Waals surface area contributed by atoms with Gasteiger partial charge in [-0.15, -0.1) is 0 Å². The third kappa shape index (κ3) is 5.82. The number of benzene rings is 4. The van der Waals surface area contributed by atoms with Crippen LogP contribution in [0, 0.1) is 0 Å². The van der Waals surface area contributed by atoms with Gasteiger partial charge in [-0.1, -0.05) is 99.0 Å². The van der Waals surface area contributed by atoms with E-state index in [4.69, 9.17) is 14.5 Å². The fraction of sp³-hybridized carbons (Fsp3) is 0.278. The first-order chi connectivity index (χ1) is 20.7. The highest BCUT2D eigenvalue weighted by Gasteiger charge is 2.39. The molecule has 1 saturated heterocycles. The van der Waals surface area contributed by atoms with Crippen LogP contribution in [0.1, 0.15) is 55.7 Å². The number of amidine groups is 1. The summed E-state index contributed by atoms with van der Waals surface area (Å²) < 4.78 is 12.2. The zero-order valence-electron chi connectivity index (χ0n) is 24.2. The van der Waals surface area contributed by atoms with Crippen LogP contribution in [0.3, 0.4) is 0 Å². The first-order valence-electron chi connectivity index (χ1n) is 14.8. The molecular weight excluding hydrogens is 540 g/mol. The summed E-state index contributed by atoms with van der Waals surface area (Å²) in [4.78, 5) is 21.7. The van der Waals surface area contributed by atoms with Crippen molar-refractivity contribution in [3.05, 3.63) is 107 Å². The zero-order valence-corrected chi connectivity index (χ0v) is 25.0. The van der Waals surface area contributed by atoms with E-state index in [0.717, 1.165) is 59.5 Å². The second kappa shape index (κ2) is 12.9. The van der Waals surface area contributed by atoms with E-state index in [1.807, 2.05) is 59.5 Å². The molecule has 2 fully saturated rings. The minimum absolute atomic E-state index is 0.0162. The van der Waals surface area contributed by atoms with Crippen LogP contribution in [0.4, 0.5) is 5.69 Å². The number of carbonyl (C=O) groups excluding carboxylic acids is 1. The van der Waals surface area contributed by atoms with Crippen LogP contribution in [0.5, 0.6) is 11.5 Å². The quantitative estimate of drug-likeness (QED) is 0.197. The summed E-state index contributed by atoms with van der Waals surface area (Å²) in [5.41, 5.74) is 4.01. The molecule has 1 amide bonds. The molecule has 0 N–H and O–H groups in total. The van der Waals surface area contributed by atoms with E-state index in [1.165, 1.54) is 29.1 Å². The molecule has 1 aliphatic carbocycles. The fourth-order valence-electron chi connectivity index (χ4n) is 5.92. The molecule has 0 atom stereocenters. The molecule has 6 heteroatoms. The Kier molecular flexibility index (Phi) is 8.61. The molecule has 4 aromatic rings. The Balaban J connectivity index is 1.36. The number of rotatable bonds is 8. The first-order valence-corrected chi connectivity index (χ1v) is 15.6. The molecule has 214 valence electrons. The van der Waals surface area contributed by atoms with E-state index in [0.29, 0.717) is 23.0 Å². The molecule has 1 saturated carbocycles. The van der Waals surface area contributed by atoms with Crippen molar-refractivity contribution < 1.29 is 14.3 Å². The van der Waals surface area contributed by atoms with Crippen LogP contribution >= 0.6 is 11.8 Å². The Bertz CT molecular complexity index is 1650. The predicted octanol–water partition coefficient (Wildman–Crippen LogP) is 8.93. The number of thioether (sulfide) groups is 1. The van der Waals surface area contributed by atoms with Crippen LogP contribution in [-0.4, -0.2) is 29.1 Å². The monoisotopic (exact) mass is 576 g/mol. The Hall–Kier alpha value is -4.03. The van der Waals surface area contributed by atoms with Crippen molar-refractivity contribution in [1.29, 1.82) is 0 Å². The summed E-state index contributed by atoms with van der Waals surface area (Å²) in [7, 11) is 1.65. The molecule has 1 aliphatic heterocycles. The maximum absolute atomic E-state index is 14.0. The third-order valence-corrected chi connectivity index (χ3v) is 9.12. The van der Waals surface area contributed by atoms with Crippen LogP contribution in [0.2, 0.25) is 0 Å². The van der Waals surface area contributed by atoms with E-state index in [9.17, 15) is 4.79 Å². The third-order valence-electron chi connectivity index (χ3n) is 8.13. The summed E-state index contributed by atoms with van der Waals surface area (Å²) in [6, 6.07) is 28.8. The van der Waals surface area contributed by atoms with Crippen molar-refractivity contribution >= 4 is 45.4 Å². The van der Waals surface area contributed by atoms with Crippen molar-refractivity contribution in [3.63, 3.8) is 0 Å². The summed E-state index contributed by atoms with van der Waals surface area (Å²) in [6.45, 7) is 2.52. The molecule has 6 rings (SSSR count). The summed E-state index contributed by atoms with van der Waals surface area (Å²) in [5.74, 6) is 1.28. The number of amides is 1. The molecule has 5 nitrogen and oxygen atoms in total. The number of ether oxygens (including phenoxy) is 2. The topological polar surface area (TPSA) is 51.1 Å². The normalized spacial score (nSPS) is 17.9. The number of aliphatic imine (C=N–C) groups is 1. The molecule has 1 heterocycles. The van der Waals surface area contributed by atoms with Crippen LogP contribution in [0.15, 0.2) is 94.8 Å². The van der Waals surface area contributed by atoms with E-state index in [1.54, 1.807) is 7.11 Å². The van der Waals surface area contributed by atoms with Crippen LogP contribution < -0.4 is 9.47 Å². The molecule has 0 spiro atoms. The van der Waals surface area contributed by atoms with Gasteiger partial charge in [0.2, 0.25) is 0 Å². The maximum Gasteiger partial charge on any atom is 0.267 e. The van der Waals surface area contributed by atoms with Crippen molar-refractivity contribution in [2.45, 2.75) is 58.1 Å². The summed E-state index contributed by atoms with van der Waals surface area (Å²) in [6.07, 6.45) is 8.34. The zero-order chi connectivity index (χ0) is 28.9. The van der Waals surface area contributed by atoms with Gasteiger partial charge in [-0.3, -0.25) is 9.69 Å². The fourth-order valence-corrected chi connectivity index (χ4v) is 6.96. The van der Waals surface area contributed by atoms with Gasteiger partial charge in [0, 0.05) is 11.6 Å². The average Bonchev–Trinajstić information content (AvgIpc) is 3.34. The van der Waals surface area contributed by atoms with Gasteiger partial charge in [0.25, 0.3) is 5.91 Å². The minimum Gasteiger partial charge on any atom is -0.493 e. The van der Waals surface area contributed by atoms with Gasteiger partial charge >= 0.3 is 0 Å². The predicted molar refractivity (Wildman–Crippen MR) is 173 cm³/mol. The highest BCUT2D eigenvalue weighted by Crippen LogP contribution is 2.41. The van der Waals surface area contributed by atoms with Gasteiger partial charge in [-0.05, 0) is 71.1 Å². The highest BCUT2D eigenvalue weighted by molar-refractivity contribution is 8.18. The average molecular weight is 577 g/mol. The van der Waals surface area contributed by atoms with E-state index in [-0.39, 0.29) is 11.9 Å². The number of hydrogen-bond acceptors (Lipinski definition) is 5. The lowest BCUT2D eigenvalue weighted by Crippen LogP contribution is -2.40. The van der Waals surface area contributed by atoms with Gasteiger partial charge < -0.3 is 9.47 Å². The molecule has 2 aliphatic rings. The molecule has 0 bridgehead atoms. The molecule has 4 aromatic carbocycles. The second-order valence-electron chi connectivity index (χ2n) is 10.8. The smallest absolute Gasteiger partial charge is 0.267 e. The van der Waals surface area contributed by atoms with Crippen molar-refractivity contribution in [2.75, 3.05) is 7.11 Å². The van der Waals surface area contributed by atoms with Gasteiger partial charge in [0.15, 0.2) is 16.7 Å². The largest absolute Gasteiger partial charge is 0.493 e. The Morgan fingerprint density at radius 3 is 2.48 bits per heavy atom. The van der Waals surface area contributed by atoms with Crippen molar-refractivity contribution in [3.8, 4) is 11.5 Å². The Labute approximate surface area is 252 Å². The Morgan fingerprint density at radius 2 is 1.64 bits per heavy atom. The number of carbonyl (C=O) groups is 1. The van der Waals surface area contributed by atoms with Crippen molar-refractivity contribution in [2.24, 2.45) is 4.99 Å². The van der Waals surface area contributed by atoms with E-state index >= 15 is 0 Å². The standard InChI is InChI=1S/C36H36N2O3S/c1-3-25-13-8-10-21-31(25)37-36-38(29-18-5-4-6-19-29)35(39)33(42-36)23-27-16-12-22-32(40-2)34(27)41-24-28-17-11-15-26-14-7-9-20-30(26)28/h7-17,20-23,29H,3-6,18-19,24H2,1-2H3/b33-23+,37-36?. The molecule has 42 heavy (non-hydrogen) atoms. The number of hydrogen-bond donors (Lipinski definition) is 0. The van der Waals surface area contributed by atoms with Gasteiger partial charge in [-0.2, -0.15) is 0 Å². The summed E-state index contributed by atoms with van der Waals surface area (Å²) in [5, 5.41) is 3.10. The lowest BCUT2D eigenvalue weighted by Gasteiger charge is -2.30. The van der Waals surface area contributed by atoms with E-state index in [2.05, 4.69) is 43.3 Å². The number of nitrogens with zero attached hydrogens (tertiary/aromatic N) is 2. The SMILES string of the molecule is CCc1ccccc1N=C1S/C(=C/c2cccc(OC)c2OCc2cccc3ccccc23)C(=O)N1C1CCCCC1. The first kappa shape index (κ1) is 28.1. The lowest BCUT2D eigenvalue weighted by atomic mass is 9.94. The van der Waals surface area contributed by atoms with Gasteiger partial charge in [0.1, 0.15) is 6.61 Å².